The molecule has 3 aromatic carbocycles. The summed E-state index contributed by atoms with van der Waals surface area (Å²) in [6.45, 7) is 6.01. The maximum atomic E-state index is 13.9. The van der Waals surface area contributed by atoms with E-state index in [-0.39, 0.29) is 25.1 Å². The van der Waals surface area contributed by atoms with E-state index in [9.17, 15) is 23.9 Å². The number of ether oxygens (including phenoxy) is 1. The van der Waals surface area contributed by atoms with Crippen molar-refractivity contribution in [2.45, 2.75) is 51.6 Å². The van der Waals surface area contributed by atoms with Crippen LogP contribution in [0.2, 0.25) is 0 Å². The number of rotatable bonds is 12. The quantitative estimate of drug-likeness (QED) is 0.346. The fraction of sp³-hybridized carbons (Fsp3) is 0.300. The fourth-order valence-electron chi connectivity index (χ4n) is 4.56. The summed E-state index contributed by atoms with van der Waals surface area (Å²) in [5, 5.41) is 9.24. The molecule has 0 aromatic heterocycles. The molecule has 200 valence electrons. The first kappa shape index (κ1) is 28.4. The van der Waals surface area contributed by atoms with Gasteiger partial charge in [-0.2, -0.15) is 0 Å². The van der Waals surface area contributed by atoms with Gasteiger partial charge in [0, 0.05) is 17.5 Å². The number of halogens is 1. The topological polar surface area (TPSA) is 110 Å². The number of carboxylic acid groups (broad SMARTS) is 1. The van der Waals surface area contributed by atoms with Crippen LogP contribution in [0.5, 0.6) is 5.75 Å². The second kappa shape index (κ2) is 12.4. The number of nitrogens with zero attached hydrogens (tertiary/aromatic N) is 1. The van der Waals surface area contributed by atoms with E-state index in [1.54, 1.807) is 50.2 Å². The lowest BCUT2D eigenvalue weighted by Gasteiger charge is -2.43. The molecule has 38 heavy (non-hydrogen) atoms. The summed E-state index contributed by atoms with van der Waals surface area (Å²) < 4.78 is 19.0. The molecule has 3 rings (SSSR count). The van der Waals surface area contributed by atoms with Crippen molar-refractivity contribution in [3.63, 3.8) is 0 Å². The van der Waals surface area contributed by atoms with E-state index >= 15 is 0 Å². The molecule has 0 radical (unpaired) electrons. The summed E-state index contributed by atoms with van der Waals surface area (Å²) in [6.07, 6.45) is -0.178. The number of nitrogens with two attached hydrogens (primary N) is 1. The standard InChI is InChI=1S/C30H33FN2O5/c1-4-38-25-7-5-6-23(18-25)21-10-12-22(13-11-21)29(37)33(26(28(32)36)16-17-27(34)35)30(2,3)19-20-8-14-24(31)15-9-20/h5-15,18,26H,4,16-17,19H2,1-3H3,(H2,32,36)(H,34,35)/t26-/m0/s1. The van der Waals surface area contributed by atoms with Crippen molar-refractivity contribution in [3.05, 3.63) is 89.7 Å². The van der Waals surface area contributed by atoms with Gasteiger partial charge in [-0.05, 0) is 86.7 Å². The normalized spacial score (nSPS) is 12.0. The lowest BCUT2D eigenvalue weighted by Crippen LogP contribution is -2.58. The molecular weight excluding hydrogens is 487 g/mol. The summed E-state index contributed by atoms with van der Waals surface area (Å²) in [5.41, 5.74) is 7.60. The number of carbonyl (C=O) groups excluding carboxylic acids is 2. The number of hydrogen-bond donors (Lipinski definition) is 2. The lowest BCUT2D eigenvalue weighted by molar-refractivity contribution is -0.137. The first-order valence-corrected chi connectivity index (χ1v) is 12.4. The van der Waals surface area contributed by atoms with Gasteiger partial charge in [0.2, 0.25) is 5.91 Å². The molecule has 2 amide bonds. The third-order valence-electron chi connectivity index (χ3n) is 6.30. The molecular formula is C30H33FN2O5. The fourth-order valence-corrected chi connectivity index (χ4v) is 4.56. The average molecular weight is 521 g/mol. The molecule has 3 aromatic rings. The summed E-state index contributed by atoms with van der Waals surface area (Å²) in [5.74, 6) is -2.00. The Morgan fingerprint density at radius 2 is 1.66 bits per heavy atom. The highest BCUT2D eigenvalue weighted by Crippen LogP contribution is 2.29. The van der Waals surface area contributed by atoms with E-state index in [0.29, 0.717) is 12.2 Å². The van der Waals surface area contributed by atoms with E-state index in [4.69, 9.17) is 10.5 Å². The monoisotopic (exact) mass is 520 g/mol. The number of benzene rings is 3. The molecule has 0 bridgehead atoms. The molecule has 0 saturated heterocycles. The molecule has 8 heteroatoms. The lowest BCUT2D eigenvalue weighted by atomic mass is 9.89. The minimum absolute atomic E-state index is 0.133. The van der Waals surface area contributed by atoms with Crippen LogP contribution in [0, 0.1) is 5.82 Å². The number of carboxylic acids is 1. The number of carbonyl (C=O) groups is 3. The van der Waals surface area contributed by atoms with Gasteiger partial charge in [0.05, 0.1) is 6.61 Å². The van der Waals surface area contributed by atoms with E-state index in [1.807, 2.05) is 31.2 Å². The van der Waals surface area contributed by atoms with E-state index in [0.717, 1.165) is 22.4 Å². The Kier molecular flexibility index (Phi) is 9.23. The number of hydrogen-bond acceptors (Lipinski definition) is 4. The SMILES string of the molecule is CCOc1cccc(-c2ccc(C(=O)N([C@@H](CCC(=O)O)C(N)=O)C(C)(C)Cc3ccc(F)cc3)cc2)c1. The van der Waals surface area contributed by atoms with Crippen molar-refractivity contribution < 1.29 is 28.6 Å². The third kappa shape index (κ3) is 7.18. The smallest absolute Gasteiger partial charge is 0.303 e. The second-order valence-electron chi connectivity index (χ2n) is 9.68. The van der Waals surface area contributed by atoms with E-state index in [1.165, 1.54) is 17.0 Å². The number of primary amides is 1. The number of amides is 2. The van der Waals surface area contributed by atoms with Gasteiger partial charge in [-0.1, -0.05) is 36.4 Å². The van der Waals surface area contributed by atoms with Crippen LogP contribution in [0.4, 0.5) is 4.39 Å². The predicted molar refractivity (Wildman–Crippen MR) is 143 cm³/mol. The van der Waals surface area contributed by atoms with Crippen molar-refractivity contribution in [2.24, 2.45) is 5.73 Å². The van der Waals surface area contributed by atoms with E-state index < -0.39 is 29.4 Å². The Bertz CT molecular complexity index is 1270. The zero-order valence-electron chi connectivity index (χ0n) is 21.8. The van der Waals surface area contributed by atoms with Crippen molar-refractivity contribution in [1.29, 1.82) is 0 Å². The largest absolute Gasteiger partial charge is 0.494 e. The average Bonchev–Trinajstić information content (AvgIpc) is 2.87. The van der Waals surface area contributed by atoms with Gasteiger partial charge in [-0.15, -0.1) is 0 Å². The van der Waals surface area contributed by atoms with Gasteiger partial charge in [0.25, 0.3) is 5.91 Å². The maximum absolute atomic E-state index is 13.9. The minimum Gasteiger partial charge on any atom is -0.494 e. The Labute approximate surface area is 222 Å². The van der Waals surface area contributed by atoms with Crippen molar-refractivity contribution in [2.75, 3.05) is 6.61 Å². The Morgan fingerprint density at radius 1 is 1.00 bits per heavy atom. The summed E-state index contributed by atoms with van der Waals surface area (Å²) in [7, 11) is 0. The van der Waals surface area contributed by atoms with Gasteiger partial charge in [-0.3, -0.25) is 14.4 Å². The van der Waals surface area contributed by atoms with Gasteiger partial charge in [0.1, 0.15) is 17.6 Å². The zero-order chi connectivity index (χ0) is 27.9. The highest BCUT2D eigenvalue weighted by molar-refractivity contribution is 5.98. The van der Waals surface area contributed by atoms with Crippen LogP contribution in [0.3, 0.4) is 0 Å². The first-order chi connectivity index (χ1) is 18.0. The van der Waals surface area contributed by atoms with Crippen molar-refractivity contribution in [3.8, 4) is 16.9 Å². The van der Waals surface area contributed by atoms with Crippen LogP contribution < -0.4 is 10.5 Å². The Hall–Kier alpha value is -4.20. The van der Waals surface area contributed by atoms with Crippen LogP contribution in [0.1, 0.15) is 49.5 Å². The number of aliphatic carboxylic acids is 1. The third-order valence-corrected chi connectivity index (χ3v) is 6.30. The molecule has 0 heterocycles. The zero-order valence-corrected chi connectivity index (χ0v) is 21.8. The predicted octanol–water partition coefficient (Wildman–Crippen LogP) is 5.07. The molecule has 0 aliphatic heterocycles. The van der Waals surface area contributed by atoms with Gasteiger partial charge < -0.3 is 20.5 Å². The van der Waals surface area contributed by atoms with Crippen LogP contribution >= 0.6 is 0 Å². The highest BCUT2D eigenvalue weighted by Gasteiger charge is 2.39. The molecule has 7 nitrogen and oxygen atoms in total. The van der Waals surface area contributed by atoms with Crippen LogP contribution in [0.15, 0.2) is 72.8 Å². The molecule has 0 aliphatic carbocycles. The van der Waals surface area contributed by atoms with Crippen LogP contribution in [-0.4, -0.2) is 46.0 Å². The minimum atomic E-state index is -1.16. The van der Waals surface area contributed by atoms with Gasteiger partial charge >= 0.3 is 5.97 Å². The molecule has 1 atom stereocenters. The molecule has 0 fully saturated rings. The molecule has 0 spiro atoms. The van der Waals surface area contributed by atoms with Crippen LogP contribution in [0.25, 0.3) is 11.1 Å². The highest BCUT2D eigenvalue weighted by atomic mass is 19.1. The Balaban J connectivity index is 1.97. The van der Waals surface area contributed by atoms with Gasteiger partial charge in [-0.25, -0.2) is 4.39 Å². The Morgan fingerprint density at radius 3 is 2.24 bits per heavy atom. The van der Waals surface area contributed by atoms with Crippen molar-refractivity contribution >= 4 is 17.8 Å². The van der Waals surface area contributed by atoms with Gasteiger partial charge in [0.15, 0.2) is 0 Å². The maximum Gasteiger partial charge on any atom is 0.303 e. The van der Waals surface area contributed by atoms with Crippen molar-refractivity contribution in [1.82, 2.24) is 4.90 Å². The summed E-state index contributed by atoms with van der Waals surface area (Å²) in [4.78, 5) is 39.1. The summed E-state index contributed by atoms with van der Waals surface area (Å²) >= 11 is 0. The second-order valence-corrected chi connectivity index (χ2v) is 9.68. The molecule has 0 aliphatic rings. The first-order valence-electron chi connectivity index (χ1n) is 12.4. The summed E-state index contributed by atoms with van der Waals surface area (Å²) in [6, 6.07) is 19.3. The van der Waals surface area contributed by atoms with E-state index in [2.05, 4.69) is 0 Å². The molecule has 3 N–H and O–H groups in total. The molecule has 0 saturated carbocycles. The van der Waals surface area contributed by atoms with Crippen LogP contribution in [-0.2, 0) is 16.0 Å². The molecule has 0 unspecified atom stereocenters.